The monoisotopic (exact) mass is 293 g/mol. The van der Waals surface area contributed by atoms with Crippen LogP contribution >= 0.6 is 11.3 Å². The van der Waals surface area contributed by atoms with E-state index in [1.807, 2.05) is 4.90 Å². The molecule has 0 saturated carbocycles. The highest BCUT2D eigenvalue weighted by Crippen LogP contribution is 2.37. The molecule has 1 aromatic rings. The number of carbonyl (C=O) groups excluding carboxylic acids is 1. The molecule has 1 saturated heterocycles. The average Bonchev–Trinajstić information content (AvgIpc) is 2.83. The maximum Gasteiger partial charge on any atom is 0.230 e. The van der Waals surface area contributed by atoms with E-state index < -0.39 is 0 Å². The number of aliphatic hydroxyl groups excluding tert-OH is 1. The number of hydrogen-bond donors (Lipinski definition) is 1. The van der Waals surface area contributed by atoms with Crippen LogP contribution in [0, 0.1) is 0 Å². The summed E-state index contributed by atoms with van der Waals surface area (Å²) >= 11 is 1.78. The lowest BCUT2D eigenvalue weighted by atomic mass is 9.86. The third-order valence-electron chi connectivity index (χ3n) is 4.72. The number of hydrogen-bond acceptors (Lipinski definition) is 3. The molecule has 110 valence electrons. The Kier molecular flexibility index (Phi) is 4.41. The van der Waals surface area contributed by atoms with Crippen LogP contribution in [0.25, 0.3) is 0 Å². The van der Waals surface area contributed by atoms with Crippen molar-refractivity contribution in [2.24, 2.45) is 0 Å². The van der Waals surface area contributed by atoms with Gasteiger partial charge in [0.1, 0.15) is 0 Å². The summed E-state index contributed by atoms with van der Waals surface area (Å²) in [5, 5.41) is 11.7. The van der Waals surface area contributed by atoms with Gasteiger partial charge in [0.2, 0.25) is 5.91 Å². The SMILES string of the molecule is O=C(C1CCCc2sccc21)N1CCCCCC1CO. The number of fused-ring (bicyclic) bond motifs is 1. The standard InChI is InChI=1S/C16H23NO2S/c18-11-12-5-2-1-3-9-17(12)16(19)14-6-4-7-15-13(14)8-10-20-15/h8,10,12,14,18H,1-7,9,11H2. The summed E-state index contributed by atoms with van der Waals surface area (Å²) in [7, 11) is 0. The lowest BCUT2D eigenvalue weighted by Crippen LogP contribution is -2.44. The highest BCUT2D eigenvalue weighted by Gasteiger charge is 2.33. The molecule has 20 heavy (non-hydrogen) atoms. The first kappa shape index (κ1) is 14.1. The van der Waals surface area contributed by atoms with E-state index in [2.05, 4.69) is 11.4 Å². The van der Waals surface area contributed by atoms with Crippen LogP contribution in [0.4, 0.5) is 0 Å². The van der Waals surface area contributed by atoms with Gasteiger partial charge in [0.05, 0.1) is 18.6 Å². The Hall–Kier alpha value is -0.870. The highest BCUT2D eigenvalue weighted by atomic mass is 32.1. The Labute approximate surface area is 124 Å². The number of aryl methyl sites for hydroxylation is 1. The molecule has 0 spiro atoms. The molecule has 2 atom stereocenters. The minimum Gasteiger partial charge on any atom is -0.394 e. The van der Waals surface area contributed by atoms with Crippen molar-refractivity contribution in [3.05, 3.63) is 21.9 Å². The van der Waals surface area contributed by atoms with Crippen LogP contribution in [0.15, 0.2) is 11.4 Å². The molecule has 4 heteroatoms. The number of amides is 1. The molecule has 1 aliphatic heterocycles. The number of nitrogens with zero attached hydrogens (tertiary/aromatic N) is 1. The molecule has 1 aromatic heterocycles. The molecular formula is C16H23NO2S. The Morgan fingerprint density at radius 1 is 1.30 bits per heavy atom. The van der Waals surface area contributed by atoms with E-state index in [0.717, 1.165) is 45.1 Å². The van der Waals surface area contributed by atoms with Crippen LogP contribution < -0.4 is 0 Å². The Bertz CT molecular complexity index is 471. The number of aliphatic hydroxyl groups is 1. The van der Waals surface area contributed by atoms with Crippen molar-refractivity contribution in [1.29, 1.82) is 0 Å². The van der Waals surface area contributed by atoms with Gasteiger partial charge < -0.3 is 10.0 Å². The fourth-order valence-electron chi connectivity index (χ4n) is 3.60. The first-order valence-electron chi connectivity index (χ1n) is 7.79. The van der Waals surface area contributed by atoms with Crippen molar-refractivity contribution in [1.82, 2.24) is 4.90 Å². The second-order valence-electron chi connectivity index (χ2n) is 5.96. The summed E-state index contributed by atoms with van der Waals surface area (Å²) < 4.78 is 0. The molecule has 2 unspecified atom stereocenters. The third kappa shape index (κ3) is 2.63. The molecule has 0 radical (unpaired) electrons. The summed E-state index contributed by atoms with van der Waals surface area (Å²) in [6.07, 6.45) is 7.54. The first-order valence-corrected chi connectivity index (χ1v) is 8.67. The Balaban J connectivity index is 1.81. The molecule has 2 heterocycles. The van der Waals surface area contributed by atoms with Gasteiger partial charge >= 0.3 is 0 Å². The smallest absolute Gasteiger partial charge is 0.230 e. The van der Waals surface area contributed by atoms with Gasteiger partial charge in [-0.25, -0.2) is 0 Å². The minimum atomic E-state index is 0.0361. The Morgan fingerprint density at radius 2 is 2.20 bits per heavy atom. The van der Waals surface area contributed by atoms with E-state index >= 15 is 0 Å². The lowest BCUT2D eigenvalue weighted by molar-refractivity contribution is -0.136. The fourth-order valence-corrected chi connectivity index (χ4v) is 4.59. The number of likely N-dealkylation sites (tertiary alicyclic amines) is 1. The van der Waals surface area contributed by atoms with Gasteiger partial charge in [-0.2, -0.15) is 0 Å². The van der Waals surface area contributed by atoms with Crippen molar-refractivity contribution in [2.75, 3.05) is 13.2 Å². The van der Waals surface area contributed by atoms with Crippen molar-refractivity contribution >= 4 is 17.2 Å². The van der Waals surface area contributed by atoms with Crippen molar-refractivity contribution in [2.45, 2.75) is 56.9 Å². The molecule has 1 amide bonds. The van der Waals surface area contributed by atoms with Gasteiger partial charge in [-0.1, -0.05) is 12.8 Å². The van der Waals surface area contributed by atoms with E-state index in [9.17, 15) is 9.90 Å². The predicted molar refractivity (Wildman–Crippen MR) is 81.1 cm³/mol. The zero-order chi connectivity index (χ0) is 13.9. The van der Waals surface area contributed by atoms with Crippen molar-refractivity contribution in [3.63, 3.8) is 0 Å². The maximum absolute atomic E-state index is 13.0. The fraction of sp³-hybridized carbons (Fsp3) is 0.688. The number of thiophene rings is 1. The van der Waals surface area contributed by atoms with E-state index in [0.29, 0.717) is 0 Å². The van der Waals surface area contributed by atoms with Crippen LogP contribution in [-0.4, -0.2) is 35.1 Å². The number of rotatable bonds is 2. The zero-order valence-electron chi connectivity index (χ0n) is 11.9. The number of carbonyl (C=O) groups is 1. The van der Waals surface area contributed by atoms with Gasteiger partial charge in [0.15, 0.2) is 0 Å². The zero-order valence-corrected chi connectivity index (χ0v) is 12.7. The van der Waals surface area contributed by atoms with Crippen molar-refractivity contribution in [3.8, 4) is 0 Å². The minimum absolute atomic E-state index is 0.0361. The van der Waals surface area contributed by atoms with Crippen LogP contribution in [0.2, 0.25) is 0 Å². The molecule has 3 nitrogen and oxygen atoms in total. The van der Waals surface area contributed by atoms with E-state index in [-0.39, 0.29) is 24.5 Å². The topological polar surface area (TPSA) is 40.5 Å². The molecule has 1 N–H and O–H groups in total. The third-order valence-corrected chi connectivity index (χ3v) is 5.72. The van der Waals surface area contributed by atoms with Gasteiger partial charge in [-0.3, -0.25) is 4.79 Å². The summed E-state index contributed by atoms with van der Waals surface area (Å²) in [5.41, 5.74) is 1.26. The largest absolute Gasteiger partial charge is 0.394 e. The summed E-state index contributed by atoms with van der Waals surface area (Å²) in [6, 6.07) is 2.17. The van der Waals surface area contributed by atoms with Gasteiger partial charge in [-0.15, -0.1) is 11.3 Å². The molecule has 3 rings (SSSR count). The summed E-state index contributed by atoms with van der Waals surface area (Å²) in [6.45, 7) is 0.926. The average molecular weight is 293 g/mol. The second kappa shape index (κ2) is 6.27. The quantitative estimate of drug-likeness (QED) is 0.911. The normalized spacial score (nSPS) is 26.9. The first-order chi connectivity index (χ1) is 9.81. The summed E-state index contributed by atoms with van der Waals surface area (Å²) in [4.78, 5) is 16.3. The van der Waals surface area contributed by atoms with E-state index in [4.69, 9.17) is 0 Å². The molecule has 1 aliphatic carbocycles. The van der Waals surface area contributed by atoms with Gasteiger partial charge in [-0.05, 0) is 49.1 Å². The lowest BCUT2D eigenvalue weighted by Gasteiger charge is -2.33. The maximum atomic E-state index is 13.0. The van der Waals surface area contributed by atoms with Crippen molar-refractivity contribution < 1.29 is 9.90 Å². The van der Waals surface area contributed by atoms with Gasteiger partial charge in [0.25, 0.3) is 0 Å². The van der Waals surface area contributed by atoms with Crippen LogP contribution in [0.5, 0.6) is 0 Å². The van der Waals surface area contributed by atoms with Crippen LogP contribution in [-0.2, 0) is 11.2 Å². The van der Waals surface area contributed by atoms with Crippen LogP contribution in [0.3, 0.4) is 0 Å². The Morgan fingerprint density at radius 3 is 3.05 bits per heavy atom. The summed E-state index contributed by atoms with van der Waals surface area (Å²) in [5.74, 6) is 0.294. The highest BCUT2D eigenvalue weighted by molar-refractivity contribution is 7.10. The molecular weight excluding hydrogens is 270 g/mol. The van der Waals surface area contributed by atoms with Crippen LogP contribution in [0.1, 0.15) is 54.9 Å². The van der Waals surface area contributed by atoms with E-state index in [1.54, 1.807) is 11.3 Å². The molecule has 1 fully saturated rings. The molecule has 0 bridgehead atoms. The predicted octanol–water partition coefficient (Wildman–Crippen LogP) is 2.93. The molecule has 2 aliphatic rings. The van der Waals surface area contributed by atoms with E-state index in [1.165, 1.54) is 16.9 Å². The van der Waals surface area contributed by atoms with Gasteiger partial charge in [0, 0.05) is 11.4 Å². The second-order valence-corrected chi connectivity index (χ2v) is 6.96. The molecule has 0 aromatic carbocycles.